The second-order valence-corrected chi connectivity index (χ2v) is 8.45. The molecule has 4 rings (SSSR count). The van der Waals surface area contributed by atoms with Crippen LogP contribution in [-0.4, -0.2) is 30.6 Å². The van der Waals surface area contributed by atoms with Gasteiger partial charge >= 0.3 is 0 Å². The quantitative estimate of drug-likeness (QED) is 0.354. The predicted molar refractivity (Wildman–Crippen MR) is 114 cm³/mol. The van der Waals surface area contributed by atoms with Crippen molar-refractivity contribution in [3.63, 3.8) is 0 Å². The number of anilines is 2. The summed E-state index contributed by atoms with van der Waals surface area (Å²) in [6.07, 6.45) is 2.84. The average Bonchev–Trinajstić information content (AvgIpc) is 3.27. The number of nitrogens with one attached hydrogen (secondary N) is 3. The largest absolute Gasteiger partial charge is 0.373 e. The highest BCUT2D eigenvalue weighted by Gasteiger charge is 2.25. The standard InChI is InChI=1S/C21H15F4N5O2S/c1-26-18-8-11(6-7-27-18)13-10-28-29-21(13)19-15(24)4-5-16(20(19)25)30-33(31,32)17-9-12(22)2-3-14(17)23/h2-10,30H,1H3,(H,26,27)(H,28,29). The van der Waals surface area contributed by atoms with Gasteiger partial charge in [-0.25, -0.2) is 31.0 Å². The predicted octanol–water partition coefficient (Wildman–Crippen LogP) is 4.54. The fraction of sp³-hybridized carbons (Fsp3) is 0.0476. The molecule has 7 nitrogen and oxygen atoms in total. The van der Waals surface area contributed by atoms with Crippen LogP contribution in [0.2, 0.25) is 0 Å². The highest BCUT2D eigenvalue weighted by molar-refractivity contribution is 7.92. The van der Waals surface area contributed by atoms with E-state index in [1.165, 1.54) is 12.4 Å². The Kier molecular flexibility index (Phi) is 5.77. The Bertz CT molecular complexity index is 1460. The van der Waals surface area contributed by atoms with E-state index in [2.05, 4.69) is 20.5 Å². The van der Waals surface area contributed by atoms with Crippen LogP contribution >= 0.6 is 0 Å². The first-order valence-corrected chi connectivity index (χ1v) is 10.8. The van der Waals surface area contributed by atoms with Gasteiger partial charge in [0.1, 0.15) is 28.2 Å². The third kappa shape index (κ3) is 4.24. The van der Waals surface area contributed by atoms with Gasteiger partial charge in [-0.2, -0.15) is 5.10 Å². The Labute approximate surface area is 185 Å². The summed E-state index contributed by atoms with van der Waals surface area (Å²) >= 11 is 0. The van der Waals surface area contributed by atoms with E-state index in [1.54, 1.807) is 19.2 Å². The number of hydrogen-bond acceptors (Lipinski definition) is 5. The van der Waals surface area contributed by atoms with Crippen molar-refractivity contribution < 1.29 is 26.0 Å². The summed E-state index contributed by atoms with van der Waals surface area (Å²) in [5.74, 6) is -4.01. The Balaban J connectivity index is 1.80. The van der Waals surface area contributed by atoms with Crippen molar-refractivity contribution in [3.8, 4) is 22.4 Å². The molecule has 2 heterocycles. The van der Waals surface area contributed by atoms with Crippen molar-refractivity contribution in [1.82, 2.24) is 15.2 Å². The van der Waals surface area contributed by atoms with Gasteiger partial charge in [-0.05, 0) is 48.0 Å². The minimum absolute atomic E-state index is 0.0590. The van der Waals surface area contributed by atoms with Crippen LogP contribution in [0, 0.1) is 23.3 Å². The zero-order chi connectivity index (χ0) is 23.8. The Morgan fingerprint density at radius 1 is 0.970 bits per heavy atom. The lowest BCUT2D eigenvalue weighted by molar-refractivity contribution is 0.554. The summed E-state index contributed by atoms with van der Waals surface area (Å²) in [5, 5.41) is 9.22. The highest BCUT2D eigenvalue weighted by Crippen LogP contribution is 2.36. The van der Waals surface area contributed by atoms with E-state index in [0.717, 1.165) is 18.2 Å². The van der Waals surface area contributed by atoms with Gasteiger partial charge in [-0.1, -0.05) is 0 Å². The molecule has 0 saturated heterocycles. The molecule has 0 aliphatic rings. The lowest BCUT2D eigenvalue weighted by atomic mass is 10.0. The maximum absolute atomic E-state index is 15.4. The molecule has 2 aromatic heterocycles. The van der Waals surface area contributed by atoms with Crippen LogP contribution in [-0.2, 0) is 10.0 Å². The first-order valence-electron chi connectivity index (χ1n) is 9.35. The zero-order valence-corrected chi connectivity index (χ0v) is 17.6. The van der Waals surface area contributed by atoms with Crippen molar-refractivity contribution in [2.45, 2.75) is 4.90 Å². The van der Waals surface area contributed by atoms with Gasteiger partial charge in [0.2, 0.25) is 0 Å². The smallest absolute Gasteiger partial charge is 0.265 e. The lowest BCUT2D eigenvalue weighted by Gasteiger charge is -2.13. The van der Waals surface area contributed by atoms with E-state index < -0.39 is 49.4 Å². The van der Waals surface area contributed by atoms with Gasteiger partial charge in [-0.3, -0.25) is 9.82 Å². The Morgan fingerprint density at radius 2 is 1.73 bits per heavy atom. The molecule has 0 bridgehead atoms. The summed E-state index contributed by atoms with van der Waals surface area (Å²) in [6.45, 7) is 0. The monoisotopic (exact) mass is 477 g/mol. The summed E-state index contributed by atoms with van der Waals surface area (Å²) in [4.78, 5) is 3.06. The molecule has 0 aliphatic heterocycles. The number of H-pyrrole nitrogens is 1. The summed E-state index contributed by atoms with van der Waals surface area (Å²) < 4.78 is 84.5. The minimum atomic E-state index is -4.73. The maximum atomic E-state index is 15.4. The van der Waals surface area contributed by atoms with Gasteiger partial charge in [-0.15, -0.1) is 0 Å². The SMILES string of the molecule is CNc1cc(-c2cn[nH]c2-c2c(F)ccc(NS(=O)(=O)c3cc(F)ccc3F)c2F)ccn1. The number of halogens is 4. The molecule has 33 heavy (non-hydrogen) atoms. The second kappa shape index (κ2) is 8.54. The molecule has 0 spiro atoms. The average molecular weight is 477 g/mol. The number of hydrogen-bond donors (Lipinski definition) is 3. The van der Waals surface area contributed by atoms with E-state index in [1.807, 2.05) is 4.72 Å². The molecule has 0 fully saturated rings. The van der Waals surface area contributed by atoms with Crippen molar-refractivity contribution in [2.24, 2.45) is 0 Å². The number of nitrogens with zero attached hydrogens (tertiary/aromatic N) is 2. The van der Waals surface area contributed by atoms with Crippen LogP contribution in [0.25, 0.3) is 22.4 Å². The van der Waals surface area contributed by atoms with Crippen LogP contribution < -0.4 is 10.0 Å². The molecular weight excluding hydrogens is 462 g/mol. The van der Waals surface area contributed by atoms with Crippen LogP contribution in [0.15, 0.2) is 59.8 Å². The third-order valence-electron chi connectivity index (χ3n) is 4.73. The van der Waals surface area contributed by atoms with Gasteiger partial charge in [0.05, 0.1) is 23.1 Å². The fourth-order valence-corrected chi connectivity index (χ4v) is 4.32. The highest BCUT2D eigenvalue weighted by atomic mass is 32.2. The van der Waals surface area contributed by atoms with Crippen LogP contribution in [0.4, 0.5) is 29.1 Å². The van der Waals surface area contributed by atoms with E-state index >= 15 is 4.39 Å². The summed E-state index contributed by atoms with van der Waals surface area (Å²) in [5.41, 5.74) is -0.463. The van der Waals surface area contributed by atoms with E-state index in [9.17, 15) is 21.6 Å². The molecule has 2 aromatic carbocycles. The number of benzene rings is 2. The lowest BCUT2D eigenvalue weighted by Crippen LogP contribution is -2.16. The molecule has 170 valence electrons. The van der Waals surface area contributed by atoms with Crippen molar-refractivity contribution in [1.29, 1.82) is 0 Å². The first-order chi connectivity index (χ1) is 15.7. The Morgan fingerprint density at radius 3 is 2.48 bits per heavy atom. The molecule has 12 heteroatoms. The molecule has 0 aliphatic carbocycles. The van der Waals surface area contributed by atoms with E-state index in [4.69, 9.17) is 0 Å². The van der Waals surface area contributed by atoms with Crippen LogP contribution in [0.5, 0.6) is 0 Å². The second-order valence-electron chi connectivity index (χ2n) is 6.80. The molecule has 3 N–H and O–H groups in total. The summed E-state index contributed by atoms with van der Waals surface area (Å²) in [7, 11) is -3.08. The molecule has 0 saturated carbocycles. The molecular formula is C21H15F4N5O2S. The maximum Gasteiger partial charge on any atom is 0.265 e. The first kappa shape index (κ1) is 22.3. The number of rotatable bonds is 6. The summed E-state index contributed by atoms with van der Waals surface area (Å²) in [6, 6.07) is 6.73. The van der Waals surface area contributed by atoms with Gasteiger partial charge in [0.15, 0.2) is 5.82 Å². The topological polar surface area (TPSA) is 99.8 Å². The van der Waals surface area contributed by atoms with E-state index in [0.29, 0.717) is 29.1 Å². The van der Waals surface area contributed by atoms with Gasteiger partial charge < -0.3 is 5.32 Å². The molecule has 0 amide bonds. The molecule has 0 radical (unpaired) electrons. The normalized spacial score (nSPS) is 11.4. The minimum Gasteiger partial charge on any atom is -0.373 e. The number of pyridine rings is 1. The zero-order valence-electron chi connectivity index (χ0n) is 16.8. The fourth-order valence-electron chi connectivity index (χ4n) is 3.17. The van der Waals surface area contributed by atoms with Gasteiger partial charge in [0, 0.05) is 18.8 Å². The number of aromatic nitrogens is 3. The molecule has 0 unspecified atom stereocenters. The number of aromatic amines is 1. The van der Waals surface area contributed by atoms with Crippen LogP contribution in [0.1, 0.15) is 0 Å². The van der Waals surface area contributed by atoms with E-state index in [-0.39, 0.29) is 5.69 Å². The third-order valence-corrected chi connectivity index (χ3v) is 6.12. The van der Waals surface area contributed by atoms with Crippen molar-refractivity contribution >= 4 is 21.5 Å². The Hall–Kier alpha value is -3.93. The van der Waals surface area contributed by atoms with Crippen molar-refractivity contribution in [2.75, 3.05) is 17.1 Å². The van der Waals surface area contributed by atoms with Crippen LogP contribution in [0.3, 0.4) is 0 Å². The number of sulfonamides is 1. The molecule has 0 atom stereocenters. The van der Waals surface area contributed by atoms with Gasteiger partial charge in [0.25, 0.3) is 10.0 Å². The van der Waals surface area contributed by atoms with Crippen molar-refractivity contribution in [3.05, 3.63) is 78.1 Å². The molecule has 4 aromatic rings.